The Labute approximate surface area is 257 Å². The molecule has 1 aliphatic heterocycles. The van der Waals surface area contributed by atoms with E-state index in [-0.39, 0.29) is 30.6 Å². The standard InChI is InChI=1S/C35H39N3O6/c1-20(33(41)44-35(2,3)4)36-32(40)22-17-29(39)30-28(14-13-21-15-16-38(18-22)31(21)30)37-34(42)43-19-27-25-11-7-5-9-23(25)24-10-6-8-12-26(24)27/h5-12,15-16,20,22,27-28,30H,13-14,17-19H2,1-4H3,(H,36,40)(H,37,42). The van der Waals surface area contributed by atoms with Gasteiger partial charge in [-0.1, -0.05) is 48.5 Å². The van der Waals surface area contributed by atoms with Crippen molar-refractivity contribution < 1.29 is 28.7 Å². The molecule has 0 radical (unpaired) electrons. The van der Waals surface area contributed by atoms with E-state index in [1.807, 2.05) is 41.1 Å². The van der Waals surface area contributed by atoms with E-state index in [1.54, 1.807) is 27.7 Å². The van der Waals surface area contributed by atoms with Crippen molar-refractivity contribution in [3.63, 3.8) is 0 Å². The van der Waals surface area contributed by atoms with Gasteiger partial charge in [0.25, 0.3) is 0 Å². The third-order valence-electron chi connectivity index (χ3n) is 8.86. The van der Waals surface area contributed by atoms with Gasteiger partial charge >= 0.3 is 12.1 Å². The molecule has 0 fully saturated rings. The minimum Gasteiger partial charge on any atom is -0.458 e. The number of benzene rings is 2. The van der Waals surface area contributed by atoms with Crippen LogP contribution in [0.2, 0.25) is 0 Å². The molecule has 2 aromatic carbocycles. The van der Waals surface area contributed by atoms with Crippen LogP contribution in [0.4, 0.5) is 4.79 Å². The summed E-state index contributed by atoms with van der Waals surface area (Å²) >= 11 is 0. The molecular formula is C35H39N3O6. The second kappa shape index (κ2) is 11.6. The van der Waals surface area contributed by atoms with Gasteiger partial charge in [-0.05, 0) is 74.4 Å². The summed E-state index contributed by atoms with van der Waals surface area (Å²) in [6.45, 7) is 7.37. The molecule has 0 spiro atoms. The fourth-order valence-corrected chi connectivity index (χ4v) is 6.90. The summed E-state index contributed by atoms with van der Waals surface area (Å²) in [5.41, 5.74) is 5.79. The lowest BCUT2D eigenvalue weighted by Crippen LogP contribution is -2.46. The Morgan fingerprint density at radius 1 is 1.00 bits per heavy atom. The van der Waals surface area contributed by atoms with Crippen molar-refractivity contribution in [3.05, 3.63) is 83.2 Å². The van der Waals surface area contributed by atoms with Crippen LogP contribution in [0, 0.1) is 5.92 Å². The highest BCUT2D eigenvalue weighted by Gasteiger charge is 2.43. The van der Waals surface area contributed by atoms with Gasteiger partial charge in [0.2, 0.25) is 5.91 Å². The number of rotatable bonds is 6. The predicted octanol–water partition coefficient (Wildman–Crippen LogP) is 4.86. The summed E-state index contributed by atoms with van der Waals surface area (Å²) < 4.78 is 13.2. The van der Waals surface area contributed by atoms with Gasteiger partial charge < -0.3 is 24.7 Å². The number of hydrogen-bond donors (Lipinski definition) is 2. The molecule has 1 aromatic heterocycles. The van der Waals surface area contributed by atoms with E-state index in [4.69, 9.17) is 9.47 Å². The first-order chi connectivity index (χ1) is 21.0. The molecule has 2 heterocycles. The number of carbonyl (C=O) groups excluding carboxylic acids is 4. The molecule has 4 unspecified atom stereocenters. The molecule has 2 aliphatic carbocycles. The number of ketones is 1. The lowest BCUT2D eigenvalue weighted by molar-refractivity contribution is -0.158. The van der Waals surface area contributed by atoms with Gasteiger partial charge in [-0.15, -0.1) is 0 Å². The molecule has 3 aliphatic rings. The molecule has 230 valence electrons. The maximum atomic E-state index is 13.8. The van der Waals surface area contributed by atoms with E-state index in [9.17, 15) is 19.2 Å². The first-order valence-corrected chi connectivity index (χ1v) is 15.4. The Bertz CT molecular complexity index is 1570. The number of fused-ring (bicyclic) bond motifs is 3. The third-order valence-corrected chi connectivity index (χ3v) is 8.86. The van der Waals surface area contributed by atoms with E-state index in [0.717, 1.165) is 33.5 Å². The number of aromatic nitrogens is 1. The average molecular weight is 598 g/mol. The van der Waals surface area contributed by atoms with Gasteiger partial charge in [0.15, 0.2) is 0 Å². The van der Waals surface area contributed by atoms with Crippen LogP contribution in [0.5, 0.6) is 0 Å². The first kappa shape index (κ1) is 29.7. The van der Waals surface area contributed by atoms with E-state index < -0.39 is 41.6 Å². The molecule has 0 saturated heterocycles. The van der Waals surface area contributed by atoms with Crippen LogP contribution >= 0.6 is 0 Å². The van der Waals surface area contributed by atoms with Crippen LogP contribution in [0.1, 0.15) is 74.8 Å². The topological polar surface area (TPSA) is 116 Å². The molecule has 2 amide bonds. The second-order valence-corrected chi connectivity index (χ2v) is 13.1. The lowest BCUT2D eigenvalue weighted by Gasteiger charge is -2.31. The van der Waals surface area contributed by atoms with E-state index in [2.05, 4.69) is 34.9 Å². The van der Waals surface area contributed by atoms with Crippen LogP contribution in [-0.4, -0.2) is 52.6 Å². The SMILES string of the molecule is CC(NC(=O)C1CC(=O)C2c3c(ccn3C1)CCC2NC(=O)OCC1c2ccccc2-c2ccccc21)C(=O)OC(C)(C)C. The maximum absolute atomic E-state index is 13.8. The first-order valence-electron chi connectivity index (χ1n) is 15.4. The molecule has 0 bridgehead atoms. The highest BCUT2D eigenvalue weighted by molar-refractivity contribution is 5.93. The van der Waals surface area contributed by atoms with Crippen molar-refractivity contribution in [3.8, 4) is 11.1 Å². The molecule has 0 saturated carbocycles. The number of carbonyl (C=O) groups is 4. The van der Waals surface area contributed by atoms with E-state index in [1.165, 1.54) is 0 Å². The highest BCUT2D eigenvalue weighted by atomic mass is 16.6. The molecular weight excluding hydrogens is 558 g/mol. The lowest BCUT2D eigenvalue weighted by atomic mass is 9.79. The van der Waals surface area contributed by atoms with Crippen LogP contribution in [-0.2, 0) is 36.8 Å². The number of nitrogens with zero attached hydrogens (tertiary/aromatic N) is 1. The monoisotopic (exact) mass is 597 g/mol. The number of hydrogen-bond acceptors (Lipinski definition) is 6. The Morgan fingerprint density at radius 2 is 1.66 bits per heavy atom. The summed E-state index contributed by atoms with van der Waals surface area (Å²) in [7, 11) is 0. The summed E-state index contributed by atoms with van der Waals surface area (Å²) in [6, 6.07) is 17.0. The Hall–Kier alpha value is -4.40. The molecule has 6 rings (SSSR count). The number of aryl methyl sites for hydroxylation is 1. The maximum Gasteiger partial charge on any atom is 0.407 e. The zero-order valence-electron chi connectivity index (χ0n) is 25.6. The van der Waals surface area contributed by atoms with Crippen LogP contribution < -0.4 is 10.6 Å². The van der Waals surface area contributed by atoms with E-state index >= 15 is 0 Å². The van der Waals surface area contributed by atoms with Crippen LogP contribution in [0.15, 0.2) is 60.8 Å². The summed E-state index contributed by atoms with van der Waals surface area (Å²) in [4.78, 5) is 52.7. The zero-order valence-corrected chi connectivity index (χ0v) is 25.6. The van der Waals surface area contributed by atoms with Crippen molar-refractivity contribution >= 4 is 23.8 Å². The minimum atomic E-state index is -0.853. The zero-order chi connectivity index (χ0) is 31.2. The quantitative estimate of drug-likeness (QED) is 0.392. The fraction of sp³-hybridized carbons (Fsp3) is 0.429. The smallest absolute Gasteiger partial charge is 0.407 e. The third kappa shape index (κ3) is 5.75. The van der Waals surface area contributed by atoms with Gasteiger partial charge in [0.05, 0.1) is 11.8 Å². The summed E-state index contributed by atoms with van der Waals surface area (Å²) in [6.07, 6.45) is 2.64. The Balaban J connectivity index is 1.13. The van der Waals surface area contributed by atoms with Gasteiger partial charge in [-0.2, -0.15) is 0 Å². The van der Waals surface area contributed by atoms with Crippen molar-refractivity contribution in [2.75, 3.05) is 6.61 Å². The molecule has 44 heavy (non-hydrogen) atoms. The number of alkyl carbamates (subject to hydrolysis) is 1. The Kier molecular flexibility index (Phi) is 7.82. The van der Waals surface area contributed by atoms with Gasteiger partial charge in [-0.3, -0.25) is 9.59 Å². The Morgan fingerprint density at radius 3 is 2.32 bits per heavy atom. The van der Waals surface area contributed by atoms with Crippen molar-refractivity contribution in [2.45, 2.75) is 83.0 Å². The number of amides is 2. The number of nitrogens with one attached hydrogen (secondary N) is 2. The molecule has 4 atom stereocenters. The molecule has 9 nitrogen and oxygen atoms in total. The largest absolute Gasteiger partial charge is 0.458 e. The van der Waals surface area contributed by atoms with Crippen molar-refractivity contribution in [1.29, 1.82) is 0 Å². The highest BCUT2D eigenvalue weighted by Crippen LogP contribution is 2.44. The molecule has 3 aromatic rings. The van der Waals surface area contributed by atoms with Gasteiger partial charge in [0.1, 0.15) is 24.0 Å². The molecule has 9 heteroatoms. The van der Waals surface area contributed by atoms with Gasteiger partial charge in [0, 0.05) is 36.8 Å². The number of Topliss-reactive ketones (excluding diaryl/α,β-unsaturated/α-hetero) is 1. The van der Waals surface area contributed by atoms with Gasteiger partial charge in [-0.25, -0.2) is 9.59 Å². The van der Waals surface area contributed by atoms with Crippen LogP contribution in [0.3, 0.4) is 0 Å². The number of esters is 1. The summed E-state index contributed by atoms with van der Waals surface area (Å²) in [5, 5.41) is 5.74. The van der Waals surface area contributed by atoms with Crippen LogP contribution in [0.25, 0.3) is 11.1 Å². The minimum absolute atomic E-state index is 0.00152. The second-order valence-electron chi connectivity index (χ2n) is 13.1. The predicted molar refractivity (Wildman–Crippen MR) is 164 cm³/mol. The average Bonchev–Trinajstić information content (AvgIpc) is 3.48. The van der Waals surface area contributed by atoms with Crippen molar-refractivity contribution in [2.24, 2.45) is 5.92 Å². The number of ether oxygens (including phenoxy) is 2. The van der Waals surface area contributed by atoms with E-state index in [0.29, 0.717) is 19.4 Å². The fourth-order valence-electron chi connectivity index (χ4n) is 6.90. The van der Waals surface area contributed by atoms with Crippen molar-refractivity contribution in [1.82, 2.24) is 15.2 Å². The normalized spacial score (nSPS) is 21.3. The summed E-state index contributed by atoms with van der Waals surface area (Å²) in [5.74, 6) is -2.33. The molecule has 2 N–H and O–H groups in total.